The molecule has 0 aliphatic rings. The first-order valence-electron chi connectivity index (χ1n) is 8.64. The molecule has 3 aromatic rings. The Bertz CT molecular complexity index is 987. The Hall–Kier alpha value is -3.31. The summed E-state index contributed by atoms with van der Waals surface area (Å²) in [5.41, 5.74) is 2.07. The van der Waals surface area contributed by atoms with Crippen LogP contribution in [0.25, 0.3) is 0 Å². The number of para-hydroxylation sites is 1. The number of carbonyl (C=O) groups is 2. The van der Waals surface area contributed by atoms with Gasteiger partial charge >= 0.3 is 0 Å². The van der Waals surface area contributed by atoms with Crippen molar-refractivity contribution >= 4 is 29.1 Å². The van der Waals surface area contributed by atoms with Crippen molar-refractivity contribution in [2.45, 2.75) is 6.54 Å². The van der Waals surface area contributed by atoms with Gasteiger partial charge in [0.1, 0.15) is 5.75 Å². The zero-order valence-corrected chi connectivity index (χ0v) is 16.0. The molecule has 6 heteroatoms. The van der Waals surface area contributed by atoms with Crippen LogP contribution in [-0.4, -0.2) is 18.9 Å². The van der Waals surface area contributed by atoms with Crippen molar-refractivity contribution in [3.63, 3.8) is 0 Å². The molecule has 0 saturated carbocycles. The molecule has 142 valence electrons. The van der Waals surface area contributed by atoms with E-state index in [1.165, 1.54) is 0 Å². The first-order valence-corrected chi connectivity index (χ1v) is 9.02. The molecule has 3 aromatic carbocycles. The molecule has 0 aromatic heterocycles. The number of methoxy groups -OCH3 is 1. The third-order valence-electron chi connectivity index (χ3n) is 4.15. The SMILES string of the molecule is COc1ccc(CNC(=O)c2ccccc2NC(=O)c2ccccc2Cl)cc1. The maximum atomic E-state index is 12.6. The van der Waals surface area contributed by atoms with Gasteiger partial charge in [-0.2, -0.15) is 0 Å². The van der Waals surface area contributed by atoms with Crippen LogP contribution in [0.1, 0.15) is 26.3 Å². The Morgan fingerprint density at radius 3 is 2.18 bits per heavy atom. The van der Waals surface area contributed by atoms with Gasteiger partial charge in [-0.25, -0.2) is 0 Å². The number of amides is 2. The Morgan fingerprint density at radius 1 is 0.857 bits per heavy atom. The molecule has 0 bridgehead atoms. The van der Waals surface area contributed by atoms with Crippen molar-refractivity contribution in [2.24, 2.45) is 0 Å². The van der Waals surface area contributed by atoms with Gasteiger partial charge in [-0.1, -0.05) is 48.0 Å². The van der Waals surface area contributed by atoms with Crippen LogP contribution >= 0.6 is 11.6 Å². The summed E-state index contributed by atoms with van der Waals surface area (Å²) in [5.74, 6) is 0.0922. The van der Waals surface area contributed by atoms with Crippen molar-refractivity contribution in [1.82, 2.24) is 5.32 Å². The normalized spacial score (nSPS) is 10.2. The second-order valence-corrected chi connectivity index (χ2v) is 6.42. The number of anilines is 1. The van der Waals surface area contributed by atoms with Crippen molar-refractivity contribution in [1.29, 1.82) is 0 Å². The number of carbonyl (C=O) groups excluding carboxylic acids is 2. The highest BCUT2D eigenvalue weighted by molar-refractivity contribution is 6.34. The number of rotatable bonds is 6. The summed E-state index contributed by atoms with van der Waals surface area (Å²) in [4.78, 5) is 25.1. The molecule has 0 atom stereocenters. The predicted octanol–water partition coefficient (Wildman–Crippen LogP) is 4.53. The van der Waals surface area contributed by atoms with E-state index in [-0.39, 0.29) is 11.8 Å². The Labute approximate surface area is 168 Å². The molecule has 0 unspecified atom stereocenters. The Kier molecular flexibility index (Phi) is 6.29. The lowest BCUT2D eigenvalue weighted by atomic mass is 10.1. The third kappa shape index (κ3) is 4.69. The van der Waals surface area contributed by atoms with Gasteiger partial charge in [-0.05, 0) is 42.0 Å². The van der Waals surface area contributed by atoms with Crippen LogP contribution in [0, 0.1) is 0 Å². The largest absolute Gasteiger partial charge is 0.497 e. The van der Waals surface area contributed by atoms with Gasteiger partial charge in [0.15, 0.2) is 0 Å². The highest BCUT2D eigenvalue weighted by atomic mass is 35.5. The standard InChI is InChI=1S/C22H19ClN2O3/c1-28-16-12-10-15(11-13-16)14-24-21(26)18-7-3-5-9-20(18)25-22(27)17-6-2-4-8-19(17)23/h2-13H,14H2,1H3,(H,24,26)(H,25,27). The number of hydrogen-bond donors (Lipinski definition) is 2. The average Bonchev–Trinajstić information content (AvgIpc) is 2.73. The first-order chi connectivity index (χ1) is 13.6. The number of halogens is 1. The number of nitrogens with one attached hydrogen (secondary N) is 2. The van der Waals surface area contributed by atoms with E-state index in [4.69, 9.17) is 16.3 Å². The minimum atomic E-state index is -0.374. The Morgan fingerprint density at radius 2 is 1.50 bits per heavy atom. The summed E-state index contributed by atoms with van der Waals surface area (Å²) < 4.78 is 5.12. The summed E-state index contributed by atoms with van der Waals surface area (Å²) in [5, 5.41) is 5.97. The molecule has 0 radical (unpaired) electrons. The monoisotopic (exact) mass is 394 g/mol. The van der Waals surface area contributed by atoms with Gasteiger partial charge in [-0.15, -0.1) is 0 Å². The number of benzene rings is 3. The molecule has 0 saturated heterocycles. The second kappa shape index (κ2) is 9.06. The van der Waals surface area contributed by atoms with E-state index in [9.17, 15) is 9.59 Å². The maximum Gasteiger partial charge on any atom is 0.257 e. The predicted molar refractivity (Wildman–Crippen MR) is 110 cm³/mol. The van der Waals surface area contributed by atoms with Crippen LogP contribution in [0.4, 0.5) is 5.69 Å². The number of hydrogen-bond acceptors (Lipinski definition) is 3. The Balaban J connectivity index is 1.71. The molecular formula is C22H19ClN2O3. The molecule has 2 N–H and O–H groups in total. The summed E-state index contributed by atoms with van der Waals surface area (Å²) in [6.45, 7) is 0.357. The lowest BCUT2D eigenvalue weighted by Crippen LogP contribution is -2.25. The topological polar surface area (TPSA) is 67.4 Å². The van der Waals surface area contributed by atoms with E-state index in [1.807, 2.05) is 24.3 Å². The van der Waals surface area contributed by atoms with Crippen LogP contribution < -0.4 is 15.4 Å². The fourth-order valence-corrected chi connectivity index (χ4v) is 2.87. The van der Waals surface area contributed by atoms with Crippen molar-refractivity contribution in [3.05, 3.63) is 94.5 Å². The van der Waals surface area contributed by atoms with Gasteiger partial charge in [0, 0.05) is 6.54 Å². The molecule has 0 aliphatic heterocycles. The lowest BCUT2D eigenvalue weighted by Gasteiger charge is -2.12. The zero-order valence-electron chi connectivity index (χ0n) is 15.2. The minimum absolute atomic E-state index is 0.286. The zero-order chi connectivity index (χ0) is 19.9. The summed E-state index contributed by atoms with van der Waals surface area (Å²) >= 11 is 6.08. The molecule has 0 aliphatic carbocycles. The van der Waals surface area contributed by atoms with Crippen LogP contribution in [-0.2, 0) is 6.54 Å². The highest BCUT2D eigenvalue weighted by Crippen LogP contribution is 2.20. The van der Waals surface area contributed by atoms with Crippen LogP contribution in [0.2, 0.25) is 5.02 Å². The van der Waals surface area contributed by atoms with E-state index in [2.05, 4.69) is 10.6 Å². The molecule has 0 heterocycles. The molecule has 5 nitrogen and oxygen atoms in total. The van der Waals surface area contributed by atoms with E-state index in [0.29, 0.717) is 28.4 Å². The lowest BCUT2D eigenvalue weighted by molar-refractivity contribution is 0.0952. The van der Waals surface area contributed by atoms with Crippen molar-refractivity contribution in [3.8, 4) is 5.75 Å². The van der Waals surface area contributed by atoms with Gasteiger partial charge in [-0.3, -0.25) is 9.59 Å². The van der Waals surface area contributed by atoms with E-state index < -0.39 is 0 Å². The van der Waals surface area contributed by atoms with Gasteiger partial charge in [0.2, 0.25) is 0 Å². The van der Waals surface area contributed by atoms with Crippen molar-refractivity contribution < 1.29 is 14.3 Å². The molecule has 0 fully saturated rings. The van der Waals surface area contributed by atoms with Crippen LogP contribution in [0.3, 0.4) is 0 Å². The minimum Gasteiger partial charge on any atom is -0.497 e. The van der Waals surface area contributed by atoms with Crippen LogP contribution in [0.15, 0.2) is 72.8 Å². The fourth-order valence-electron chi connectivity index (χ4n) is 2.65. The van der Waals surface area contributed by atoms with Gasteiger partial charge in [0.05, 0.1) is 28.9 Å². The summed E-state index contributed by atoms with van der Waals surface area (Å²) in [7, 11) is 1.60. The molecular weight excluding hydrogens is 376 g/mol. The quantitative estimate of drug-likeness (QED) is 0.645. The summed E-state index contributed by atoms with van der Waals surface area (Å²) in [6, 6.07) is 21.0. The maximum absolute atomic E-state index is 12.6. The third-order valence-corrected chi connectivity index (χ3v) is 4.48. The highest BCUT2D eigenvalue weighted by Gasteiger charge is 2.15. The molecule has 0 spiro atoms. The van der Waals surface area contributed by atoms with Gasteiger partial charge < -0.3 is 15.4 Å². The smallest absolute Gasteiger partial charge is 0.257 e. The van der Waals surface area contributed by atoms with Crippen molar-refractivity contribution in [2.75, 3.05) is 12.4 Å². The first kappa shape index (κ1) is 19.5. The van der Waals surface area contributed by atoms with E-state index in [1.54, 1.807) is 55.6 Å². The molecule has 28 heavy (non-hydrogen) atoms. The fraction of sp³-hybridized carbons (Fsp3) is 0.0909. The second-order valence-electron chi connectivity index (χ2n) is 6.01. The van der Waals surface area contributed by atoms with E-state index in [0.717, 1.165) is 11.3 Å². The average molecular weight is 395 g/mol. The summed E-state index contributed by atoms with van der Waals surface area (Å²) in [6.07, 6.45) is 0. The number of ether oxygens (including phenoxy) is 1. The van der Waals surface area contributed by atoms with E-state index >= 15 is 0 Å². The molecule has 3 rings (SSSR count). The van der Waals surface area contributed by atoms with Crippen LogP contribution in [0.5, 0.6) is 5.75 Å². The molecule has 2 amide bonds. The van der Waals surface area contributed by atoms with Gasteiger partial charge in [0.25, 0.3) is 11.8 Å².